The summed E-state index contributed by atoms with van der Waals surface area (Å²) in [6.45, 7) is 1.73. The Morgan fingerprint density at radius 3 is 3.05 bits per heavy atom. The molecule has 2 amide bonds. The van der Waals surface area contributed by atoms with E-state index in [1.54, 1.807) is 23.3 Å². The van der Waals surface area contributed by atoms with Gasteiger partial charge in [-0.2, -0.15) is 0 Å². The molecule has 2 N–H and O–H groups in total. The van der Waals surface area contributed by atoms with Gasteiger partial charge >= 0.3 is 6.03 Å². The molecule has 1 aliphatic rings. The molecule has 2 aromatic rings. The Kier molecular flexibility index (Phi) is 4.59. The minimum Gasteiger partial charge on any atom is -0.381 e. The van der Waals surface area contributed by atoms with Crippen LogP contribution in [0.4, 0.5) is 4.79 Å². The molecule has 8 nitrogen and oxygen atoms in total. The number of carbonyl (C=O) groups is 1. The first-order valence-corrected chi connectivity index (χ1v) is 7.25. The van der Waals surface area contributed by atoms with Crippen molar-refractivity contribution in [2.24, 2.45) is 0 Å². The third kappa shape index (κ3) is 3.79. The molecule has 0 atom stereocenters. The lowest BCUT2D eigenvalue weighted by molar-refractivity contribution is 0.0800. The predicted molar refractivity (Wildman–Crippen MR) is 78.4 cm³/mol. The lowest BCUT2D eigenvalue weighted by atomic mass is 10.1. The summed E-state index contributed by atoms with van der Waals surface area (Å²) >= 11 is 0. The van der Waals surface area contributed by atoms with E-state index in [1.165, 1.54) is 0 Å². The van der Waals surface area contributed by atoms with Crippen molar-refractivity contribution in [1.82, 2.24) is 30.6 Å². The molecule has 1 saturated heterocycles. The highest BCUT2D eigenvalue weighted by molar-refractivity contribution is 5.74. The van der Waals surface area contributed by atoms with E-state index in [2.05, 4.69) is 25.9 Å². The van der Waals surface area contributed by atoms with Gasteiger partial charge in [-0.3, -0.25) is 4.98 Å². The third-order valence-corrected chi connectivity index (χ3v) is 3.44. The van der Waals surface area contributed by atoms with E-state index in [0.29, 0.717) is 25.5 Å². The van der Waals surface area contributed by atoms with Gasteiger partial charge in [0, 0.05) is 25.5 Å². The predicted octanol–water partition coefficient (Wildman–Crippen LogP) is 0.640. The summed E-state index contributed by atoms with van der Waals surface area (Å²) < 4.78 is 6.88. The van der Waals surface area contributed by atoms with E-state index in [-0.39, 0.29) is 12.1 Å². The molecular weight excluding hydrogens is 284 g/mol. The van der Waals surface area contributed by atoms with E-state index in [4.69, 9.17) is 4.74 Å². The number of hydrogen-bond donors (Lipinski definition) is 2. The third-order valence-electron chi connectivity index (χ3n) is 3.44. The molecule has 3 heterocycles. The summed E-state index contributed by atoms with van der Waals surface area (Å²) in [6, 6.07) is 3.70. The number of pyridine rings is 1. The second-order valence-corrected chi connectivity index (χ2v) is 5.08. The zero-order chi connectivity index (χ0) is 15.2. The van der Waals surface area contributed by atoms with Crippen LogP contribution in [0.1, 0.15) is 18.5 Å². The molecule has 0 aliphatic carbocycles. The van der Waals surface area contributed by atoms with E-state index in [1.807, 2.05) is 12.1 Å². The molecule has 0 radical (unpaired) electrons. The van der Waals surface area contributed by atoms with Crippen LogP contribution in [0, 0.1) is 0 Å². The fourth-order valence-corrected chi connectivity index (χ4v) is 2.24. The summed E-state index contributed by atoms with van der Waals surface area (Å²) in [6.07, 6.45) is 6.87. The summed E-state index contributed by atoms with van der Waals surface area (Å²) in [4.78, 5) is 15.9. The van der Waals surface area contributed by atoms with E-state index in [9.17, 15) is 4.79 Å². The van der Waals surface area contributed by atoms with Gasteiger partial charge in [0.15, 0.2) is 0 Å². The molecule has 22 heavy (non-hydrogen) atoms. The van der Waals surface area contributed by atoms with Gasteiger partial charge in [0.25, 0.3) is 0 Å². The molecule has 0 aromatic carbocycles. The first-order valence-electron chi connectivity index (χ1n) is 7.25. The molecule has 0 bridgehead atoms. The Hall–Kier alpha value is -2.48. The van der Waals surface area contributed by atoms with Crippen molar-refractivity contribution in [3.8, 4) is 5.69 Å². The lowest BCUT2D eigenvalue weighted by Gasteiger charge is -2.23. The van der Waals surface area contributed by atoms with Crippen molar-refractivity contribution >= 4 is 6.03 Å². The average Bonchev–Trinajstić information content (AvgIpc) is 3.04. The average molecular weight is 302 g/mol. The Balaban J connectivity index is 1.49. The molecule has 1 aliphatic heterocycles. The normalized spacial score (nSPS) is 15.5. The molecular formula is C14H18N6O2. The van der Waals surface area contributed by atoms with Crippen LogP contribution in [0.25, 0.3) is 5.69 Å². The number of nitrogens with one attached hydrogen (secondary N) is 2. The van der Waals surface area contributed by atoms with Gasteiger partial charge < -0.3 is 15.4 Å². The van der Waals surface area contributed by atoms with Crippen LogP contribution in [0.3, 0.4) is 0 Å². The van der Waals surface area contributed by atoms with Crippen molar-refractivity contribution in [3.05, 3.63) is 36.4 Å². The van der Waals surface area contributed by atoms with Crippen LogP contribution in [0.2, 0.25) is 0 Å². The fourth-order valence-electron chi connectivity index (χ4n) is 2.24. The maximum Gasteiger partial charge on any atom is 0.315 e. The van der Waals surface area contributed by atoms with Crippen LogP contribution >= 0.6 is 0 Å². The summed E-state index contributed by atoms with van der Waals surface area (Å²) in [5.41, 5.74) is 1.51. The maximum atomic E-state index is 11.8. The van der Waals surface area contributed by atoms with Crippen molar-refractivity contribution < 1.29 is 9.53 Å². The number of rotatable bonds is 4. The molecule has 3 rings (SSSR count). The van der Waals surface area contributed by atoms with Gasteiger partial charge in [-0.25, -0.2) is 9.48 Å². The van der Waals surface area contributed by atoms with Gasteiger partial charge in [0.1, 0.15) is 5.69 Å². The molecule has 1 fully saturated rings. The van der Waals surface area contributed by atoms with Crippen molar-refractivity contribution in [1.29, 1.82) is 0 Å². The first kappa shape index (κ1) is 14.5. The van der Waals surface area contributed by atoms with Crippen LogP contribution in [0.15, 0.2) is 30.7 Å². The minimum atomic E-state index is -0.192. The minimum absolute atomic E-state index is 0.180. The van der Waals surface area contributed by atoms with Gasteiger partial charge in [0.05, 0.1) is 24.6 Å². The maximum absolute atomic E-state index is 11.8. The number of ether oxygens (including phenoxy) is 1. The fraction of sp³-hybridized carbons (Fsp3) is 0.429. The zero-order valence-corrected chi connectivity index (χ0v) is 12.1. The molecule has 0 saturated carbocycles. The number of urea groups is 1. The van der Waals surface area contributed by atoms with Crippen molar-refractivity contribution in [2.45, 2.75) is 25.4 Å². The first-order chi connectivity index (χ1) is 10.8. The Morgan fingerprint density at radius 2 is 2.27 bits per heavy atom. The van der Waals surface area contributed by atoms with Crippen molar-refractivity contribution in [2.75, 3.05) is 13.2 Å². The Labute approximate surface area is 127 Å². The van der Waals surface area contributed by atoms with Gasteiger partial charge in [-0.15, -0.1) is 5.10 Å². The highest BCUT2D eigenvalue weighted by atomic mass is 16.5. The van der Waals surface area contributed by atoms with Crippen LogP contribution < -0.4 is 10.6 Å². The summed E-state index contributed by atoms with van der Waals surface area (Å²) in [7, 11) is 0. The SMILES string of the molecule is O=C(NCc1cn(-c2cccnc2)nn1)NC1CCOCC1. The number of nitrogens with zero attached hydrogens (tertiary/aromatic N) is 4. The second-order valence-electron chi connectivity index (χ2n) is 5.08. The van der Waals surface area contributed by atoms with Crippen LogP contribution in [0.5, 0.6) is 0 Å². The van der Waals surface area contributed by atoms with Gasteiger partial charge in [-0.1, -0.05) is 5.21 Å². The standard InChI is InChI=1S/C14H18N6O2/c21-14(17-11-3-6-22-7-4-11)16-8-12-10-20(19-18-12)13-2-1-5-15-9-13/h1-2,5,9-11H,3-4,6-8H2,(H2,16,17,21). The van der Waals surface area contributed by atoms with E-state index in [0.717, 1.165) is 18.5 Å². The topological polar surface area (TPSA) is 94.0 Å². The van der Waals surface area contributed by atoms with E-state index < -0.39 is 0 Å². The molecule has 0 unspecified atom stereocenters. The van der Waals surface area contributed by atoms with E-state index >= 15 is 0 Å². The molecule has 116 valence electrons. The quantitative estimate of drug-likeness (QED) is 0.864. The highest BCUT2D eigenvalue weighted by Gasteiger charge is 2.15. The molecule has 8 heteroatoms. The number of carbonyl (C=O) groups excluding carboxylic acids is 1. The highest BCUT2D eigenvalue weighted by Crippen LogP contribution is 2.06. The zero-order valence-electron chi connectivity index (χ0n) is 12.1. The van der Waals surface area contributed by atoms with Crippen LogP contribution in [-0.4, -0.2) is 45.3 Å². The molecule has 0 spiro atoms. The van der Waals surface area contributed by atoms with Crippen LogP contribution in [-0.2, 0) is 11.3 Å². The monoisotopic (exact) mass is 302 g/mol. The van der Waals surface area contributed by atoms with Crippen molar-refractivity contribution in [3.63, 3.8) is 0 Å². The summed E-state index contributed by atoms with van der Waals surface area (Å²) in [5, 5.41) is 13.8. The van der Waals surface area contributed by atoms with Gasteiger partial charge in [-0.05, 0) is 25.0 Å². The number of aromatic nitrogens is 4. The Morgan fingerprint density at radius 1 is 1.41 bits per heavy atom. The number of amides is 2. The summed E-state index contributed by atoms with van der Waals surface area (Å²) in [5.74, 6) is 0. The van der Waals surface area contributed by atoms with Gasteiger partial charge in [0.2, 0.25) is 0 Å². The lowest BCUT2D eigenvalue weighted by Crippen LogP contribution is -2.44. The second kappa shape index (κ2) is 6.99. The number of hydrogen-bond acceptors (Lipinski definition) is 5. The largest absolute Gasteiger partial charge is 0.381 e. The Bertz CT molecular complexity index is 609. The molecule has 2 aromatic heterocycles. The smallest absolute Gasteiger partial charge is 0.315 e.